The first-order valence-electron chi connectivity index (χ1n) is 2.63. The van der Waals surface area contributed by atoms with Gasteiger partial charge in [0.05, 0.1) is 0 Å². The van der Waals surface area contributed by atoms with Crippen LogP contribution in [0.15, 0.2) is 24.3 Å². The lowest BCUT2D eigenvalue weighted by Gasteiger charge is -1.76. The maximum absolute atomic E-state index is 5.09. The van der Waals surface area contributed by atoms with Crippen molar-refractivity contribution in [3.8, 4) is 0 Å². The van der Waals surface area contributed by atoms with Crippen molar-refractivity contribution in [1.29, 1.82) is 0 Å². The van der Waals surface area contributed by atoms with Crippen molar-refractivity contribution >= 4 is 0 Å². The van der Waals surface area contributed by atoms with Gasteiger partial charge < -0.3 is 0 Å². The van der Waals surface area contributed by atoms with Crippen LogP contribution in [-0.4, -0.2) is 0 Å². The highest BCUT2D eigenvalue weighted by atomic mass is 13.7. The molecule has 0 saturated carbocycles. The zero-order valence-corrected chi connectivity index (χ0v) is 4.88. The second kappa shape index (κ2) is 6.22. The quantitative estimate of drug-likeness (QED) is 0.482. The van der Waals surface area contributed by atoms with Gasteiger partial charge in [0.1, 0.15) is 0 Å². The van der Waals surface area contributed by atoms with Gasteiger partial charge in [-0.15, -0.1) is 0 Å². The van der Waals surface area contributed by atoms with Crippen LogP contribution in [0.4, 0.5) is 0 Å². The number of rotatable bonds is 4. The highest BCUT2D eigenvalue weighted by Crippen LogP contribution is 1.86. The van der Waals surface area contributed by atoms with E-state index in [9.17, 15) is 0 Å². The van der Waals surface area contributed by atoms with Gasteiger partial charge in [-0.1, -0.05) is 37.5 Å². The van der Waals surface area contributed by atoms with E-state index in [1.807, 2.05) is 12.2 Å². The van der Waals surface area contributed by atoms with Crippen molar-refractivity contribution in [2.45, 2.75) is 12.8 Å². The Morgan fingerprint density at radius 2 is 1.25 bits per heavy atom. The molecule has 0 heteroatoms. The molecular formula is C8H10. The Morgan fingerprint density at radius 3 is 1.50 bits per heavy atom. The number of hydrogen-bond donors (Lipinski definition) is 0. The summed E-state index contributed by atoms with van der Waals surface area (Å²) >= 11 is 0. The Labute approximate surface area is 51.2 Å². The molecule has 0 bridgehead atoms. The molecule has 0 aliphatic rings. The molecule has 42 valence electrons. The van der Waals surface area contributed by atoms with Crippen LogP contribution in [0.3, 0.4) is 0 Å². The molecule has 0 heterocycles. The van der Waals surface area contributed by atoms with E-state index in [0.29, 0.717) is 0 Å². The number of allylic oxidation sites excluding steroid dienone is 4. The molecule has 0 rings (SSSR count). The van der Waals surface area contributed by atoms with Crippen LogP contribution in [-0.2, 0) is 0 Å². The minimum absolute atomic E-state index is 0.827. The molecule has 2 radical (unpaired) electrons. The van der Waals surface area contributed by atoms with E-state index in [2.05, 4.69) is 0 Å². The average molecular weight is 106 g/mol. The van der Waals surface area contributed by atoms with E-state index < -0.39 is 0 Å². The highest BCUT2D eigenvalue weighted by molar-refractivity contribution is 4.90. The third-order valence-corrected chi connectivity index (χ3v) is 0.711. The standard InChI is InChI=1S/C8H10/c1-3-5-7-8-6-4-2/h1-4,7-8H,5-6H2. The van der Waals surface area contributed by atoms with Crippen LogP contribution in [0, 0.1) is 13.2 Å². The van der Waals surface area contributed by atoms with Crippen molar-refractivity contribution < 1.29 is 0 Å². The molecule has 0 aliphatic heterocycles. The summed E-state index contributed by atoms with van der Waals surface area (Å²) in [5.41, 5.74) is 0. The maximum Gasteiger partial charge on any atom is -0.0166 e. The average Bonchev–Trinajstić information content (AvgIpc) is 1.81. The largest absolute Gasteiger partial charge is 0.0844 e. The number of hydrogen-bond acceptors (Lipinski definition) is 0. The van der Waals surface area contributed by atoms with Gasteiger partial charge in [-0.2, -0.15) is 0 Å². The molecule has 0 aromatic carbocycles. The Hall–Kier alpha value is -0.780. The highest BCUT2D eigenvalue weighted by Gasteiger charge is 1.65. The fourth-order valence-electron chi connectivity index (χ4n) is 0.350. The molecule has 0 aromatic rings. The molecule has 8 heavy (non-hydrogen) atoms. The van der Waals surface area contributed by atoms with Crippen molar-refractivity contribution in [2.75, 3.05) is 0 Å². The van der Waals surface area contributed by atoms with Crippen LogP contribution >= 0.6 is 0 Å². The van der Waals surface area contributed by atoms with Crippen molar-refractivity contribution in [3.63, 3.8) is 0 Å². The first kappa shape index (κ1) is 7.22. The van der Waals surface area contributed by atoms with Gasteiger partial charge in [0, 0.05) is 0 Å². The molecule has 0 aromatic heterocycles. The lowest BCUT2D eigenvalue weighted by Crippen LogP contribution is -1.56. The van der Waals surface area contributed by atoms with Gasteiger partial charge in [-0.05, 0) is 12.8 Å². The Bertz CT molecular complexity index is 76.2. The first-order chi connectivity index (χ1) is 3.91. The van der Waals surface area contributed by atoms with E-state index in [4.69, 9.17) is 13.2 Å². The summed E-state index contributed by atoms with van der Waals surface area (Å²) < 4.78 is 0. The van der Waals surface area contributed by atoms with E-state index >= 15 is 0 Å². The second-order valence-corrected chi connectivity index (χ2v) is 1.41. The van der Waals surface area contributed by atoms with Gasteiger partial charge in [0.2, 0.25) is 0 Å². The van der Waals surface area contributed by atoms with E-state index in [0.717, 1.165) is 12.8 Å². The predicted molar refractivity (Wildman–Crippen MR) is 36.1 cm³/mol. The minimum Gasteiger partial charge on any atom is -0.0844 e. The lowest BCUT2D eigenvalue weighted by atomic mass is 10.3. The van der Waals surface area contributed by atoms with Crippen LogP contribution < -0.4 is 0 Å². The molecule has 0 amide bonds. The third-order valence-electron chi connectivity index (χ3n) is 0.711. The van der Waals surface area contributed by atoms with Crippen LogP contribution in [0.2, 0.25) is 0 Å². The smallest absolute Gasteiger partial charge is 0.0166 e. The van der Waals surface area contributed by atoms with Gasteiger partial charge in [-0.3, -0.25) is 0 Å². The zero-order valence-electron chi connectivity index (χ0n) is 4.88. The van der Waals surface area contributed by atoms with Crippen molar-refractivity contribution in [2.24, 2.45) is 0 Å². The molecule has 0 fully saturated rings. The summed E-state index contributed by atoms with van der Waals surface area (Å²) in [5.74, 6) is 0. The SMILES string of the molecule is [CH]=CCC=CCC=[CH]. The maximum atomic E-state index is 5.09. The summed E-state index contributed by atoms with van der Waals surface area (Å²) in [6, 6.07) is 0. The minimum atomic E-state index is 0.827. The van der Waals surface area contributed by atoms with E-state index in [1.54, 1.807) is 12.2 Å². The molecule has 0 spiro atoms. The van der Waals surface area contributed by atoms with E-state index in [1.165, 1.54) is 0 Å². The molecule has 0 N–H and O–H groups in total. The molecule has 0 unspecified atom stereocenters. The first-order valence-corrected chi connectivity index (χ1v) is 2.63. The van der Waals surface area contributed by atoms with Crippen molar-refractivity contribution in [1.82, 2.24) is 0 Å². The molecule has 0 aliphatic carbocycles. The summed E-state index contributed by atoms with van der Waals surface area (Å²) in [4.78, 5) is 0. The van der Waals surface area contributed by atoms with Crippen LogP contribution in [0.1, 0.15) is 12.8 Å². The fourth-order valence-corrected chi connectivity index (χ4v) is 0.350. The van der Waals surface area contributed by atoms with Crippen LogP contribution in [0.5, 0.6) is 0 Å². The monoisotopic (exact) mass is 106 g/mol. The van der Waals surface area contributed by atoms with Gasteiger partial charge in [0.25, 0.3) is 0 Å². The van der Waals surface area contributed by atoms with Crippen LogP contribution in [0.25, 0.3) is 0 Å². The van der Waals surface area contributed by atoms with E-state index in [-0.39, 0.29) is 0 Å². The fraction of sp³-hybridized carbons (Fsp3) is 0.250. The van der Waals surface area contributed by atoms with Crippen molar-refractivity contribution in [3.05, 3.63) is 37.5 Å². The Morgan fingerprint density at radius 1 is 0.875 bits per heavy atom. The molecule has 0 saturated heterocycles. The predicted octanol–water partition coefficient (Wildman–Crippen LogP) is 2.30. The lowest BCUT2D eigenvalue weighted by molar-refractivity contribution is 1.32. The summed E-state index contributed by atoms with van der Waals surface area (Å²) in [6.07, 6.45) is 8.81. The summed E-state index contributed by atoms with van der Waals surface area (Å²) in [7, 11) is 0. The van der Waals surface area contributed by atoms with Gasteiger partial charge in [0.15, 0.2) is 0 Å². The molecule has 0 nitrogen and oxygen atoms in total. The van der Waals surface area contributed by atoms with Gasteiger partial charge >= 0.3 is 0 Å². The normalized spacial score (nSPS) is 9.50. The molecular weight excluding hydrogens is 96.1 g/mol. The second-order valence-electron chi connectivity index (χ2n) is 1.41. The topological polar surface area (TPSA) is 0 Å². The summed E-state index contributed by atoms with van der Waals surface area (Å²) in [5, 5.41) is 0. The molecule has 0 atom stereocenters. The third kappa shape index (κ3) is 5.22. The zero-order chi connectivity index (χ0) is 6.24. The van der Waals surface area contributed by atoms with Gasteiger partial charge in [-0.25, -0.2) is 0 Å². The summed E-state index contributed by atoms with van der Waals surface area (Å²) in [6.45, 7) is 10.2. The Balaban J connectivity index is 3.06. The Kier molecular flexibility index (Phi) is 5.61.